The molecule has 10 nitrogen and oxygen atoms in total. The Kier molecular flexibility index (Phi) is 6.82. The number of nitrogens with one attached hydrogen (secondary N) is 4. The summed E-state index contributed by atoms with van der Waals surface area (Å²) in [6.07, 6.45) is -1.37. The third-order valence-corrected chi connectivity index (χ3v) is 2.96. The molecular formula is C16H28N4O6. The Morgan fingerprint density at radius 1 is 0.808 bits per heavy atom. The molecule has 0 aliphatic carbocycles. The second-order valence-corrected chi connectivity index (χ2v) is 7.89. The van der Waals surface area contributed by atoms with Gasteiger partial charge in [-0.05, 0) is 41.5 Å². The standard InChI is InChI=1S/C16H28N4O6/c1-15(2,3)25-13(23)17-7-9-11(21)20-10(12(22)19-9)8-18-14(24)26-16(4,5)6/h9-10H,7-8H2,1-6H3,(H,17,23)(H,18,24)(H,19,22)(H,20,21). The van der Waals surface area contributed by atoms with Gasteiger partial charge in [-0.1, -0.05) is 0 Å². The summed E-state index contributed by atoms with van der Waals surface area (Å²) in [5.41, 5.74) is -1.33. The molecule has 1 aliphatic heterocycles. The van der Waals surface area contributed by atoms with Crippen molar-refractivity contribution in [1.29, 1.82) is 0 Å². The van der Waals surface area contributed by atoms with E-state index in [1.807, 2.05) is 0 Å². The first-order valence-electron chi connectivity index (χ1n) is 8.31. The van der Waals surface area contributed by atoms with Gasteiger partial charge in [0.2, 0.25) is 11.8 Å². The summed E-state index contributed by atoms with van der Waals surface area (Å²) in [4.78, 5) is 47.3. The van der Waals surface area contributed by atoms with Crippen LogP contribution in [0.4, 0.5) is 9.59 Å². The van der Waals surface area contributed by atoms with Crippen LogP contribution in [0.25, 0.3) is 0 Å². The van der Waals surface area contributed by atoms with E-state index in [0.717, 1.165) is 0 Å². The van der Waals surface area contributed by atoms with Gasteiger partial charge in [-0.2, -0.15) is 0 Å². The van der Waals surface area contributed by atoms with Gasteiger partial charge in [0.15, 0.2) is 0 Å². The van der Waals surface area contributed by atoms with Gasteiger partial charge in [0.25, 0.3) is 0 Å². The summed E-state index contributed by atoms with van der Waals surface area (Å²) in [6.45, 7) is 10.0. The van der Waals surface area contributed by atoms with E-state index < -0.39 is 47.3 Å². The molecular weight excluding hydrogens is 344 g/mol. The van der Waals surface area contributed by atoms with Crippen molar-refractivity contribution in [3.05, 3.63) is 0 Å². The van der Waals surface area contributed by atoms with Gasteiger partial charge in [0.1, 0.15) is 23.3 Å². The van der Waals surface area contributed by atoms with Crippen LogP contribution in [-0.4, -0.2) is 60.4 Å². The molecule has 1 rings (SSSR count). The first-order chi connectivity index (χ1) is 11.8. The first kappa shape index (κ1) is 21.5. The monoisotopic (exact) mass is 372 g/mol. The SMILES string of the molecule is CC(C)(C)OC(=O)NCC1NC(=O)C(CNC(=O)OC(C)(C)C)NC1=O. The Balaban J connectivity index is 2.44. The molecule has 0 bridgehead atoms. The van der Waals surface area contributed by atoms with E-state index in [-0.39, 0.29) is 13.1 Å². The lowest BCUT2D eigenvalue weighted by molar-refractivity contribution is -0.136. The third-order valence-electron chi connectivity index (χ3n) is 2.96. The van der Waals surface area contributed by atoms with Crippen LogP contribution in [0.1, 0.15) is 41.5 Å². The summed E-state index contributed by atoms with van der Waals surface area (Å²) in [7, 11) is 0. The van der Waals surface area contributed by atoms with E-state index >= 15 is 0 Å². The number of alkyl carbamates (subject to hydrolysis) is 2. The minimum atomic E-state index is -0.923. The number of piperazine rings is 1. The minimum Gasteiger partial charge on any atom is -0.444 e. The molecule has 1 aliphatic rings. The summed E-state index contributed by atoms with van der Waals surface area (Å²) in [6, 6.07) is -1.85. The summed E-state index contributed by atoms with van der Waals surface area (Å²) >= 11 is 0. The maximum absolute atomic E-state index is 12.1. The molecule has 2 unspecified atom stereocenters. The topological polar surface area (TPSA) is 135 Å². The number of ether oxygens (including phenoxy) is 2. The number of hydrogen-bond acceptors (Lipinski definition) is 6. The van der Waals surface area contributed by atoms with Crippen molar-refractivity contribution in [1.82, 2.24) is 21.3 Å². The molecule has 0 saturated carbocycles. The third kappa shape index (κ3) is 8.04. The Morgan fingerprint density at radius 2 is 1.12 bits per heavy atom. The second-order valence-electron chi connectivity index (χ2n) is 7.89. The molecule has 0 aromatic heterocycles. The molecule has 148 valence electrons. The summed E-state index contributed by atoms with van der Waals surface area (Å²) in [5.74, 6) is -0.951. The molecule has 0 spiro atoms. The van der Waals surface area contributed by atoms with Crippen molar-refractivity contribution in [2.24, 2.45) is 0 Å². The van der Waals surface area contributed by atoms with Crippen molar-refractivity contribution in [3.8, 4) is 0 Å². The number of hydrogen-bond donors (Lipinski definition) is 4. The molecule has 26 heavy (non-hydrogen) atoms. The maximum atomic E-state index is 12.1. The Bertz CT molecular complexity index is 514. The Morgan fingerprint density at radius 3 is 1.38 bits per heavy atom. The Labute approximate surface area is 152 Å². The van der Waals surface area contributed by atoms with Crippen LogP contribution >= 0.6 is 0 Å². The largest absolute Gasteiger partial charge is 0.444 e. The number of carbonyl (C=O) groups is 4. The molecule has 4 N–H and O–H groups in total. The van der Waals surface area contributed by atoms with Crippen molar-refractivity contribution < 1.29 is 28.7 Å². The number of rotatable bonds is 4. The normalized spacial score (nSPS) is 20.5. The minimum absolute atomic E-state index is 0.112. The summed E-state index contributed by atoms with van der Waals surface area (Å²) < 4.78 is 10.1. The van der Waals surface area contributed by atoms with Gasteiger partial charge in [-0.15, -0.1) is 0 Å². The zero-order valence-electron chi connectivity index (χ0n) is 16.0. The number of amides is 4. The van der Waals surface area contributed by atoms with Gasteiger partial charge in [0, 0.05) is 0 Å². The van der Waals surface area contributed by atoms with Crippen molar-refractivity contribution in [3.63, 3.8) is 0 Å². The molecule has 1 saturated heterocycles. The van der Waals surface area contributed by atoms with E-state index in [9.17, 15) is 19.2 Å². The van der Waals surface area contributed by atoms with Crippen LogP contribution in [0.3, 0.4) is 0 Å². The molecule has 1 fully saturated rings. The first-order valence-corrected chi connectivity index (χ1v) is 8.31. The predicted molar refractivity (Wildman–Crippen MR) is 92.3 cm³/mol. The van der Waals surface area contributed by atoms with Gasteiger partial charge >= 0.3 is 12.2 Å². The lowest BCUT2D eigenvalue weighted by Gasteiger charge is -2.30. The fourth-order valence-electron chi connectivity index (χ4n) is 1.96. The van der Waals surface area contributed by atoms with Gasteiger partial charge < -0.3 is 30.7 Å². The van der Waals surface area contributed by atoms with Crippen molar-refractivity contribution in [2.75, 3.05) is 13.1 Å². The average molecular weight is 372 g/mol. The van der Waals surface area contributed by atoms with Crippen LogP contribution in [0.2, 0.25) is 0 Å². The van der Waals surface area contributed by atoms with E-state index in [1.54, 1.807) is 41.5 Å². The quantitative estimate of drug-likeness (QED) is 0.549. The van der Waals surface area contributed by atoms with E-state index in [2.05, 4.69) is 21.3 Å². The van der Waals surface area contributed by atoms with Gasteiger partial charge in [0.05, 0.1) is 13.1 Å². The van der Waals surface area contributed by atoms with Crippen LogP contribution in [0.15, 0.2) is 0 Å². The molecule has 2 atom stereocenters. The zero-order chi connectivity index (χ0) is 20.1. The highest BCUT2D eigenvalue weighted by Gasteiger charge is 2.34. The fraction of sp³-hybridized carbons (Fsp3) is 0.750. The van der Waals surface area contributed by atoms with Crippen LogP contribution in [0.5, 0.6) is 0 Å². The lowest BCUT2D eigenvalue weighted by Crippen LogP contribution is -2.66. The molecule has 0 aromatic carbocycles. The highest BCUT2D eigenvalue weighted by molar-refractivity contribution is 5.97. The van der Waals surface area contributed by atoms with Gasteiger partial charge in [-0.3, -0.25) is 9.59 Å². The van der Waals surface area contributed by atoms with Crippen molar-refractivity contribution >= 4 is 24.0 Å². The van der Waals surface area contributed by atoms with E-state index in [0.29, 0.717) is 0 Å². The molecule has 1 heterocycles. The number of carbonyl (C=O) groups excluding carboxylic acids is 4. The summed E-state index contributed by atoms with van der Waals surface area (Å²) in [5, 5.41) is 9.83. The molecule has 4 amide bonds. The highest BCUT2D eigenvalue weighted by atomic mass is 16.6. The predicted octanol–water partition coefficient (Wildman–Crippen LogP) is 0.0190. The van der Waals surface area contributed by atoms with Gasteiger partial charge in [-0.25, -0.2) is 9.59 Å². The van der Waals surface area contributed by atoms with Crippen LogP contribution in [-0.2, 0) is 19.1 Å². The van der Waals surface area contributed by atoms with E-state index in [4.69, 9.17) is 9.47 Å². The molecule has 10 heteroatoms. The zero-order valence-corrected chi connectivity index (χ0v) is 16.0. The second kappa shape index (κ2) is 8.24. The van der Waals surface area contributed by atoms with Crippen LogP contribution < -0.4 is 21.3 Å². The highest BCUT2D eigenvalue weighted by Crippen LogP contribution is 2.07. The fourth-order valence-corrected chi connectivity index (χ4v) is 1.96. The molecule has 0 aromatic rings. The lowest BCUT2D eigenvalue weighted by atomic mass is 10.1. The maximum Gasteiger partial charge on any atom is 0.407 e. The van der Waals surface area contributed by atoms with E-state index in [1.165, 1.54) is 0 Å². The van der Waals surface area contributed by atoms with Crippen molar-refractivity contribution in [2.45, 2.75) is 64.8 Å². The van der Waals surface area contributed by atoms with Crippen LogP contribution in [0, 0.1) is 0 Å². The smallest absolute Gasteiger partial charge is 0.407 e. The Hall–Kier alpha value is -2.52. The molecule has 0 radical (unpaired) electrons. The average Bonchev–Trinajstić information content (AvgIpc) is 2.42.